The summed E-state index contributed by atoms with van der Waals surface area (Å²) in [6.07, 6.45) is 5.85. The van der Waals surface area contributed by atoms with Crippen LogP contribution in [0.25, 0.3) is 0 Å². The zero-order chi connectivity index (χ0) is 9.26. The smallest absolute Gasteiger partial charge is 0.247 e. The van der Waals surface area contributed by atoms with Gasteiger partial charge in [0.05, 0.1) is 6.54 Å². The van der Waals surface area contributed by atoms with Crippen LogP contribution in [0.3, 0.4) is 0 Å². The molecule has 2 fully saturated rings. The van der Waals surface area contributed by atoms with Crippen molar-refractivity contribution in [1.29, 1.82) is 0 Å². The van der Waals surface area contributed by atoms with Crippen molar-refractivity contribution in [3.05, 3.63) is 0 Å². The van der Waals surface area contributed by atoms with Crippen LogP contribution in [0.4, 0.5) is 0 Å². The minimum Gasteiger partial charge on any atom is -0.273 e. The Bertz CT molecular complexity index is 238. The van der Waals surface area contributed by atoms with Crippen LogP contribution in [0, 0.1) is 0 Å². The van der Waals surface area contributed by atoms with E-state index in [1.54, 1.807) is 4.31 Å². The molecule has 0 spiro atoms. The van der Waals surface area contributed by atoms with Crippen LogP contribution in [0.1, 0.15) is 32.1 Å². The Hall–Kier alpha value is -0.420. The highest BCUT2D eigenvalue weighted by Gasteiger charge is 2.33. The van der Waals surface area contributed by atoms with Gasteiger partial charge in [-0.15, -0.1) is 0 Å². The van der Waals surface area contributed by atoms with Gasteiger partial charge in [-0.2, -0.15) is 4.31 Å². The zero-order valence-corrected chi connectivity index (χ0v) is 8.31. The van der Waals surface area contributed by atoms with E-state index in [0.717, 1.165) is 12.8 Å². The predicted octanol–water partition coefficient (Wildman–Crippen LogP) is 0.330. The summed E-state index contributed by atoms with van der Waals surface area (Å²) in [5, 5.41) is 0. The molecule has 1 saturated heterocycles. The molecule has 1 heterocycles. The number of hydrogen-bond acceptors (Lipinski definition) is 2. The minimum absolute atomic E-state index is 0.107. The normalized spacial score (nSPS) is 32.0. The van der Waals surface area contributed by atoms with Crippen molar-refractivity contribution < 1.29 is 9.00 Å². The second-order valence-electron chi connectivity index (χ2n) is 3.64. The molecule has 1 N–H and O–H groups in total. The lowest BCUT2D eigenvalue weighted by Crippen LogP contribution is -2.36. The summed E-state index contributed by atoms with van der Waals surface area (Å²) in [5.74, 6) is -0.107. The van der Waals surface area contributed by atoms with Crippen LogP contribution in [-0.4, -0.2) is 27.0 Å². The van der Waals surface area contributed by atoms with Crippen molar-refractivity contribution in [2.24, 2.45) is 0 Å². The van der Waals surface area contributed by atoms with Gasteiger partial charge in [-0.1, -0.05) is 19.3 Å². The molecule has 4 nitrogen and oxygen atoms in total. The fourth-order valence-corrected chi connectivity index (χ4v) is 3.11. The molecule has 0 bridgehead atoms. The van der Waals surface area contributed by atoms with Gasteiger partial charge < -0.3 is 0 Å². The molecule has 1 aliphatic heterocycles. The van der Waals surface area contributed by atoms with Gasteiger partial charge in [-0.3, -0.25) is 9.52 Å². The first-order chi connectivity index (χ1) is 6.27. The molecule has 0 aromatic heterocycles. The monoisotopic (exact) mass is 202 g/mol. The topological polar surface area (TPSA) is 49.4 Å². The Morgan fingerprint density at radius 2 is 2.00 bits per heavy atom. The van der Waals surface area contributed by atoms with Crippen LogP contribution in [0.2, 0.25) is 0 Å². The molecule has 2 rings (SSSR count). The second-order valence-corrected chi connectivity index (χ2v) is 4.81. The summed E-state index contributed by atoms with van der Waals surface area (Å²) in [5.41, 5.74) is 0. The predicted molar refractivity (Wildman–Crippen MR) is 49.9 cm³/mol. The van der Waals surface area contributed by atoms with Crippen molar-refractivity contribution in [3.8, 4) is 0 Å². The Kier molecular flexibility index (Phi) is 2.64. The molecule has 1 amide bonds. The Labute approximate surface area is 80.4 Å². The maximum Gasteiger partial charge on any atom is 0.247 e. The third-order valence-corrected chi connectivity index (χ3v) is 3.95. The van der Waals surface area contributed by atoms with Crippen LogP contribution in [0.15, 0.2) is 0 Å². The summed E-state index contributed by atoms with van der Waals surface area (Å²) < 4.78 is 15.6. The van der Waals surface area contributed by atoms with E-state index in [1.165, 1.54) is 19.3 Å². The average molecular weight is 202 g/mol. The summed E-state index contributed by atoms with van der Waals surface area (Å²) in [6.45, 7) is 0.317. The van der Waals surface area contributed by atoms with E-state index >= 15 is 0 Å². The third-order valence-electron chi connectivity index (χ3n) is 2.70. The Morgan fingerprint density at radius 3 is 2.54 bits per heavy atom. The SMILES string of the molecule is O=C1CN(C2CCCCC2)S(=O)N1. The van der Waals surface area contributed by atoms with Crippen LogP contribution < -0.4 is 4.72 Å². The zero-order valence-electron chi connectivity index (χ0n) is 7.49. The molecule has 0 aromatic carbocycles. The fraction of sp³-hybridized carbons (Fsp3) is 0.875. The number of rotatable bonds is 1. The van der Waals surface area contributed by atoms with Crippen molar-refractivity contribution in [3.63, 3.8) is 0 Å². The Morgan fingerprint density at radius 1 is 1.31 bits per heavy atom. The summed E-state index contributed by atoms with van der Waals surface area (Å²) in [6, 6.07) is 0.355. The van der Waals surface area contributed by atoms with Gasteiger partial charge in [0.2, 0.25) is 5.91 Å². The fourth-order valence-electron chi connectivity index (χ4n) is 2.02. The molecular weight excluding hydrogens is 188 g/mol. The third kappa shape index (κ3) is 1.91. The van der Waals surface area contributed by atoms with Gasteiger partial charge in [-0.05, 0) is 12.8 Å². The number of carbonyl (C=O) groups excluding carboxylic acids is 1. The Balaban J connectivity index is 1.99. The summed E-state index contributed by atoms with van der Waals surface area (Å²) in [4.78, 5) is 11.0. The van der Waals surface area contributed by atoms with Crippen molar-refractivity contribution in [1.82, 2.24) is 9.03 Å². The molecule has 5 heteroatoms. The highest BCUT2D eigenvalue weighted by atomic mass is 32.2. The minimum atomic E-state index is -1.25. The van der Waals surface area contributed by atoms with Crippen LogP contribution in [-0.2, 0) is 16.0 Å². The van der Waals surface area contributed by atoms with E-state index in [4.69, 9.17) is 0 Å². The van der Waals surface area contributed by atoms with Gasteiger partial charge in [0.1, 0.15) is 0 Å². The average Bonchev–Trinajstić information content (AvgIpc) is 2.47. The molecule has 0 aromatic rings. The quantitative estimate of drug-likeness (QED) is 0.666. The molecule has 74 valence electrons. The molecule has 2 aliphatic rings. The van der Waals surface area contributed by atoms with E-state index in [2.05, 4.69) is 4.72 Å². The standard InChI is InChI=1S/C8H14N2O2S/c11-8-6-10(13(12)9-8)7-4-2-1-3-5-7/h7H,1-6H2,(H,9,11). The van der Waals surface area contributed by atoms with E-state index in [1.807, 2.05) is 0 Å². The van der Waals surface area contributed by atoms with Gasteiger partial charge in [0.25, 0.3) is 0 Å². The molecular formula is C8H14N2O2S. The molecule has 1 atom stereocenters. The largest absolute Gasteiger partial charge is 0.273 e. The van der Waals surface area contributed by atoms with E-state index in [0.29, 0.717) is 12.6 Å². The van der Waals surface area contributed by atoms with Crippen molar-refractivity contribution in [2.45, 2.75) is 38.1 Å². The molecule has 13 heavy (non-hydrogen) atoms. The molecule has 1 aliphatic carbocycles. The lowest BCUT2D eigenvalue weighted by Gasteiger charge is -2.27. The van der Waals surface area contributed by atoms with E-state index < -0.39 is 11.2 Å². The van der Waals surface area contributed by atoms with E-state index in [9.17, 15) is 9.00 Å². The highest BCUT2D eigenvalue weighted by Crippen LogP contribution is 2.24. The first-order valence-electron chi connectivity index (χ1n) is 4.75. The first-order valence-corrected chi connectivity index (χ1v) is 5.86. The van der Waals surface area contributed by atoms with Gasteiger partial charge in [0.15, 0.2) is 11.2 Å². The number of hydrogen-bond donors (Lipinski definition) is 1. The lowest BCUT2D eigenvalue weighted by atomic mass is 9.95. The van der Waals surface area contributed by atoms with Crippen molar-refractivity contribution in [2.75, 3.05) is 6.54 Å². The van der Waals surface area contributed by atoms with Gasteiger partial charge in [-0.25, -0.2) is 4.21 Å². The van der Waals surface area contributed by atoms with Gasteiger partial charge >= 0.3 is 0 Å². The molecule has 0 radical (unpaired) electrons. The van der Waals surface area contributed by atoms with Crippen LogP contribution >= 0.6 is 0 Å². The first kappa shape index (κ1) is 9.15. The maximum atomic E-state index is 11.4. The number of nitrogens with zero attached hydrogens (tertiary/aromatic N) is 1. The molecule has 1 unspecified atom stereocenters. The lowest BCUT2D eigenvalue weighted by molar-refractivity contribution is -0.118. The van der Waals surface area contributed by atoms with E-state index in [-0.39, 0.29) is 5.91 Å². The number of carbonyl (C=O) groups is 1. The van der Waals surface area contributed by atoms with Crippen LogP contribution in [0.5, 0.6) is 0 Å². The second kappa shape index (κ2) is 3.75. The van der Waals surface area contributed by atoms with Crippen molar-refractivity contribution >= 4 is 17.1 Å². The maximum absolute atomic E-state index is 11.4. The number of amides is 1. The number of nitrogens with one attached hydrogen (secondary N) is 1. The summed E-state index contributed by atoms with van der Waals surface area (Å²) >= 11 is -1.25. The molecule has 1 saturated carbocycles. The summed E-state index contributed by atoms with van der Waals surface area (Å²) in [7, 11) is 0. The van der Waals surface area contributed by atoms with Gasteiger partial charge in [0, 0.05) is 6.04 Å². The highest BCUT2D eigenvalue weighted by molar-refractivity contribution is 7.81.